The smallest absolute Gasteiger partial charge is 0.261 e. The Morgan fingerprint density at radius 3 is 2.94 bits per heavy atom. The molecular weight excluding hydrogens is 284 g/mol. The molecule has 1 aliphatic heterocycles. The van der Waals surface area contributed by atoms with E-state index in [0.717, 1.165) is 19.4 Å². The highest BCUT2D eigenvalue weighted by Gasteiger charge is 2.21. The predicted octanol–water partition coefficient (Wildman–Crippen LogP) is 2.04. The number of nitrogens with zero attached hydrogens (tertiary/aromatic N) is 1. The molecule has 1 rings (SSSR count). The van der Waals surface area contributed by atoms with Gasteiger partial charge in [0, 0.05) is 17.9 Å². The molecule has 3 nitrogen and oxygen atoms in total. The lowest BCUT2D eigenvalue weighted by atomic mass is 10.1. The van der Waals surface area contributed by atoms with Crippen LogP contribution in [0.15, 0.2) is 0 Å². The van der Waals surface area contributed by atoms with E-state index in [4.69, 9.17) is 0 Å². The molecule has 0 aromatic carbocycles. The van der Waals surface area contributed by atoms with Crippen LogP contribution in [0.2, 0.25) is 0 Å². The van der Waals surface area contributed by atoms with Crippen LogP contribution in [-0.4, -0.2) is 48.4 Å². The van der Waals surface area contributed by atoms with Gasteiger partial charge >= 0.3 is 0 Å². The van der Waals surface area contributed by atoms with Gasteiger partial charge < -0.3 is 9.64 Å². The highest BCUT2D eigenvalue weighted by atomic mass is 79.9. The van der Waals surface area contributed by atoms with Crippen molar-refractivity contribution < 1.29 is 18.3 Å². The number of rotatable bonds is 5. The summed E-state index contributed by atoms with van der Waals surface area (Å²) in [6.45, 7) is 0.949. The maximum absolute atomic E-state index is 11.7. The highest BCUT2D eigenvalue weighted by Crippen LogP contribution is 2.17. The zero-order valence-corrected chi connectivity index (χ0v) is 10.6. The van der Waals surface area contributed by atoms with Gasteiger partial charge in [-0.05, 0) is 12.8 Å². The largest absolute Gasteiger partial charge is 0.375 e. The molecule has 0 radical (unpaired) electrons. The summed E-state index contributed by atoms with van der Waals surface area (Å²) >= 11 is 3.47. The summed E-state index contributed by atoms with van der Waals surface area (Å²) in [4.78, 5) is 13.7. The van der Waals surface area contributed by atoms with Crippen LogP contribution < -0.4 is 0 Å². The van der Waals surface area contributed by atoms with E-state index in [-0.39, 0.29) is 18.9 Å². The van der Waals surface area contributed by atoms with Gasteiger partial charge in [-0.2, -0.15) is 0 Å². The molecule has 0 aromatic rings. The number of ether oxygens (including phenoxy) is 1. The van der Waals surface area contributed by atoms with Gasteiger partial charge in [0.15, 0.2) is 0 Å². The van der Waals surface area contributed by atoms with Crippen molar-refractivity contribution in [3.63, 3.8) is 0 Å². The first kappa shape index (κ1) is 13.8. The number of carbonyl (C=O) groups excluding carboxylic acids is 1. The van der Waals surface area contributed by atoms with Crippen LogP contribution in [0.5, 0.6) is 0 Å². The normalized spacial score (nSPS) is 21.5. The van der Waals surface area contributed by atoms with Crippen LogP contribution in [-0.2, 0) is 9.53 Å². The summed E-state index contributed by atoms with van der Waals surface area (Å²) in [5.41, 5.74) is 0. The summed E-state index contributed by atoms with van der Waals surface area (Å²) in [7, 11) is 0. The average Bonchev–Trinajstić information content (AvgIpc) is 2.24. The van der Waals surface area contributed by atoms with Crippen LogP contribution in [0.1, 0.15) is 19.3 Å². The number of amides is 1. The van der Waals surface area contributed by atoms with Gasteiger partial charge in [0.2, 0.25) is 5.91 Å². The number of piperidine rings is 1. The molecule has 1 aliphatic rings. The minimum Gasteiger partial charge on any atom is -0.375 e. The first-order valence-corrected chi connectivity index (χ1v) is 6.29. The van der Waals surface area contributed by atoms with E-state index >= 15 is 0 Å². The van der Waals surface area contributed by atoms with Crippen LogP contribution in [0.4, 0.5) is 8.78 Å². The lowest BCUT2D eigenvalue weighted by Gasteiger charge is -2.30. The Hall–Kier alpha value is -0.230. The Morgan fingerprint density at radius 1 is 1.56 bits per heavy atom. The molecule has 1 amide bonds. The molecule has 0 aliphatic carbocycles. The van der Waals surface area contributed by atoms with Crippen molar-refractivity contribution in [2.75, 3.05) is 26.3 Å². The van der Waals surface area contributed by atoms with E-state index in [9.17, 15) is 13.6 Å². The third-order valence-corrected chi connectivity index (χ3v) is 3.17. The molecule has 0 aromatic heterocycles. The molecule has 1 saturated heterocycles. The van der Waals surface area contributed by atoms with Crippen molar-refractivity contribution in [3.05, 3.63) is 0 Å². The molecule has 0 spiro atoms. The molecule has 16 heavy (non-hydrogen) atoms. The minimum atomic E-state index is -2.46. The lowest BCUT2D eigenvalue weighted by Crippen LogP contribution is -2.40. The molecule has 1 unspecified atom stereocenters. The first-order valence-electron chi connectivity index (χ1n) is 5.37. The minimum absolute atomic E-state index is 0.0154. The van der Waals surface area contributed by atoms with E-state index in [0.29, 0.717) is 11.4 Å². The second kappa shape index (κ2) is 7.17. The van der Waals surface area contributed by atoms with Crippen molar-refractivity contribution in [1.29, 1.82) is 0 Å². The maximum atomic E-state index is 11.7. The van der Waals surface area contributed by atoms with Gasteiger partial charge in [0.1, 0.15) is 6.61 Å². The fraction of sp³-hybridized carbons (Fsp3) is 0.900. The van der Waals surface area contributed by atoms with Gasteiger partial charge in [-0.25, -0.2) is 8.78 Å². The topological polar surface area (TPSA) is 29.5 Å². The fourth-order valence-corrected chi connectivity index (χ4v) is 2.32. The SMILES string of the molecule is O=C(CCOCC(F)F)N1CCCC(Br)C1. The standard InChI is InChI=1S/C10H16BrF2NO2/c11-8-2-1-4-14(6-8)10(15)3-5-16-7-9(12)13/h8-9H,1-7H2. The van der Waals surface area contributed by atoms with Crippen molar-refractivity contribution in [1.82, 2.24) is 4.90 Å². The number of hydrogen-bond acceptors (Lipinski definition) is 2. The highest BCUT2D eigenvalue weighted by molar-refractivity contribution is 9.09. The molecular formula is C10H16BrF2NO2. The molecule has 1 fully saturated rings. The van der Waals surface area contributed by atoms with Crippen molar-refractivity contribution >= 4 is 21.8 Å². The van der Waals surface area contributed by atoms with E-state index in [1.807, 2.05) is 0 Å². The van der Waals surface area contributed by atoms with Crippen LogP contribution in [0, 0.1) is 0 Å². The molecule has 94 valence electrons. The number of alkyl halides is 3. The average molecular weight is 300 g/mol. The molecule has 0 N–H and O–H groups in total. The summed E-state index contributed by atoms with van der Waals surface area (Å²) in [6.07, 6.45) is -0.213. The second-order valence-electron chi connectivity index (χ2n) is 3.80. The predicted molar refractivity (Wildman–Crippen MR) is 60.0 cm³/mol. The lowest BCUT2D eigenvalue weighted by molar-refractivity contribution is -0.133. The number of likely N-dealkylation sites (tertiary alicyclic amines) is 1. The summed E-state index contributed by atoms with van der Waals surface area (Å²) in [5, 5.41) is 0. The second-order valence-corrected chi connectivity index (χ2v) is 5.09. The first-order chi connectivity index (χ1) is 7.59. The Balaban J connectivity index is 2.14. The van der Waals surface area contributed by atoms with E-state index in [2.05, 4.69) is 20.7 Å². The summed E-state index contributed by atoms with van der Waals surface area (Å²) in [6, 6.07) is 0. The Morgan fingerprint density at radius 2 is 2.31 bits per heavy atom. The van der Waals surface area contributed by atoms with Gasteiger partial charge in [-0.3, -0.25) is 4.79 Å². The third-order valence-electron chi connectivity index (χ3n) is 2.42. The zero-order chi connectivity index (χ0) is 12.0. The maximum Gasteiger partial charge on any atom is 0.261 e. The molecule has 1 heterocycles. The fourth-order valence-electron chi connectivity index (χ4n) is 1.64. The molecule has 1 atom stereocenters. The van der Waals surface area contributed by atoms with Crippen molar-refractivity contribution in [3.8, 4) is 0 Å². The number of carbonyl (C=O) groups is 1. The number of halogens is 3. The zero-order valence-electron chi connectivity index (χ0n) is 9.00. The van der Waals surface area contributed by atoms with E-state index < -0.39 is 13.0 Å². The summed E-state index contributed by atoms with van der Waals surface area (Å²) < 4.78 is 28.2. The van der Waals surface area contributed by atoms with Crippen molar-refractivity contribution in [2.24, 2.45) is 0 Å². The Labute approximate surface area is 102 Å². The Kier molecular flexibility index (Phi) is 6.20. The van der Waals surface area contributed by atoms with Gasteiger partial charge in [0.05, 0.1) is 13.0 Å². The quantitative estimate of drug-likeness (QED) is 0.574. The third kappa shape index (κ3) is 5.21. The summed E-state index contributed by atoms with van der Waals surface area (Å²) in [5.74, 6) is -0.0154. The van der Waals surface area contributed by atoms with Crippen LogP contribution in [0.3, 0.4) is 0 Å². The Bertz CT molecular complexity index is 229. The monoisotopic (exact) mass is 299 g/mol. The van der Waals surface area contributed by atoms with Gasteiger partial charge in [-0.1, -0.05) is 15.9 Å². The van der Waals surface area contributed by atoms with E-state index in [1.54, 1.807) is 4.90 Å². The molecule has 0 bridgehead atoms. The molecule has 6 heteroatoms. The van der Waals surface area contributed by atoms with Crippen molar-refractivity contribution in [2.45, 2.75) is 30.5 Å². The molecule has 0 saturated carbocycles. The van der Waals surface area contributed by atoms with Crippen LogP contribution >= 0.6 is 15.9 Å². The van der Waals surface area contributed by atoms with Crippen LogP contribution in [0.25, 0.3) is 0 Å². The van der Waals surface area contributed by atoms with Gasteiger partial charge in [0.25, 0.3) is 6.43 Å². The van der Waals surface area contributed by atoms with Gasteiger partial charge in [-0.15, -0.1) is 0 Å². The van der Waals surface area contributed by atoms with E-state index in [1.165, 1.54) is 0 Å². The number of hydrogen-bond donors (Lipinski definition) is 0.